The van der Waals surface area contributed by atoms with Crippen LogP contribution >= 0.6 is 0 Å². The third kappa shape index (κ3) is 4.13. The van der Waals surface area contributed by atoms with Gasteiger partial charge in [0, 0.05) is 56.9 Å². The van der Waals surface area contributed by atoms with E-state index < -0.39 is 10.0 Å². The molecule has 0 aromatic carbocycles. The summed E-state index contributed by atoms with van der Waals surface area (Å²) in [6.07, 6.45) is 9.17. The summed E-state index contributed by atoms with van der Waals surface area (Å²) in [7, 11) is -1.83. The highest BCUT2D eigenvalue weighted by molar-refractivity contribution is 7.89. The number of sulfonamides is 1. The van der Waals surface area contributed by atoms with Gasteiger partial charge in [-0.15, -0.1) is 0 Å². The molecule has 0 aliphatic carbocycles. The van der Waals surface area contributed by atoms with Crippen LogP contribution in [0.4, 0.5) is 0 Å². The topological polar surface area (TPSA) is 103 Å². The molecule has 0 radical (unpaired) electrons. The number of nitrogens with zero attached hydrogens (tertiary/aromatic N) is 6. The van der Waals surface area contributed by atoms with Gasteiger partial charge in [-0.3, -0.25) is 19.0 Å². The predicted molar refractivity (Wildman–Crippen MR) is 106 cm³/mol. The van der Waals surface area contributed by atoms with Gasteiger partial charge >= 0.3 is 0 Å². The van der Waals surface area contributed by atoms with Crippen LogP contribution in [0.1, 0.15) is 12.8 Å². The molecule has 0 atom stereocenters. The Hall–Kier alpha value is -2.85. The second-order valence-electron chi connectivity index (χ2n) is 7.20. The molecule has 0 spiro atoms. The lowest BCUT2D eigenvalue weighted by Gasteiger charge is -2.31. The van der Waals surface area contributed by atoms with Gasteiger partial charge in [-0.1, -0.05) is 0 Å². The van der Waals surface area contributed by atoms with E-state index in [9.17, 15) is 13.2 Å². The molecule has 3 aromatic rings. The largest absolute Gasteiger partial charge is 0.299 e. The second-order valence-corrected chi connectivity index (χ2v) is 9.14. The normalized spacial score (nSPS) is 16.2. The van der Waals surface area contributed by atoms with Gasteiger partial charge in [-0.25, -0.2) is 13.4 Å². The summed E-state index contributed by atoms with van der Waals surface area (Å²) >= 11 is 0. The lowest BCUT2D eigenvalue weighted by molar-refractivity contribution is 0.251. The minimum absolute atomic E-state index is 0.121. The van der Waals surface area contributed by atoms with Crippen LogP contribution in [0.2, 0.25) is 0 Å². The summed E-state index contributed by atoms with van der Waals surface area (Å²) in [6, 6.07) is 5.17. The van der Waals surface area contributed by atoms with Crippen molar-refractivity contribution in [1.82, 2.24) is 28.6 Å². The van der Waals surface area contributed by atoms with Crippen LogP contribution in [0.5, 0.6) is 0 Å². The van der Waals surface area contributed by atoms with Crippen molar-refractivity contribution in [1.29, 1.82) is 0 Å². The fraction of sp³-hybridized carbons (Fsp3) is 0.368. The monoisotopic (exact) mass is 414 g/mol. The van der Waals surface area contributed by atoms with Crippen LogP contribution in [0, 0.1) is 5.92 Å². The van der Waals surface area contributed by atoms with E-state index in [4.69, 9.17) is 0 Å². The first kappa shape index (κ1) is 19.5. The van der Waals surface area contributed by atoms with Gasteiger partial charge in [0.1, 0.15) is 4.90 Å². The molecule has 1 saturated heterocycles. The highest BCUT2D eigenvalue weighted by Gasteiger charge is 2.30. The SMILES string of the molecule is Cn1cc(S(=O)(=O)N2CCC(Cn3cnc(-c4cccnc4)cc3=O)CC2)cn1. The van der Waals surface area contributed by atoms with Gasteiger partial charge < -0.3 is 0 Å². The van der Waals surface area contributed by atoms with E-state index in [0.717, 1.165) is 5.56 Å². The van der Waals surface area contributed by atoms with E-state index in [2.05, 4.69) is 15.1 Å². The van der Waals surface area contributed by atoms with Gasteiger partial charge in [0.15, 0.2) is 0 Å². The number of rotatable bonds is 5. The third-order valence-corrected chi connectivity index (χ3v) is 7.04. The van der Waals surface area contributed by atoms with Gasteiger partial charge in [0.25, 0.3) is 5.56 Å². The highest BCUT2D eigenvalue weighted by atomic mass is 32.2. The van der Waals surface area contributed by atoms with Crippen LogP contribution < -0.4 is 5.56 Å². The van der Waals surface area contributed by atoms with Gasteiger partial charge in [0.05, 0.1) is 18.2 Å². The van der Waals surface area contributed by atoms with E-state index in [1.165, 1.54) is 27.4 Å². The quantitative estimate of drug-likeness (QED) is 0.620. The molecule has 0 saturated carbocycles. The smallest absolute Gasteiger partial charge is 0.253 e. The maximum absolute atomic E-state index is 12.7. The van der Waals surface area contributed by atoms with Crippen molar-refractivity contribution in [2.45, 2.75) is 24.3 Å². The zero-order valence-corrected chi connectivity index (χ0v) is 16.9. The number of hydrogen-bond acceptors (Lipinski definition) is 6. The van der Waals surface area contributed by atoms with E-state index in [1.807, 2.05) is 6.07 Å². The van der Waals surface area contributed by atoms with E-state index >= 15 is 0 Å². The molecule has 4 rings (SSSR count). The first-order valence-electron chi connectivity index (χ1n) is 9.39. The molecule has 10 heteroatoms. The highest BCUT2D eigenvalue weighted by Crippen LogP contribution is 2.24. The molecule has 9 nitrogen and oxygen atoms in total. The summed E-state index contributed by atoms with van der Waals surface area (Å²) < 4.78 is 30.0. The molecule has 4 heterocycles. The molecule has 1 fully saturated rings. The molecule has 152 valence electrons. The van der Waals surface area contributed by atoms with Crippen molar-refractivity contribution in [2.24, 2.45) is 13.0 Å². The molecule has 3 aromatic heterocycles. The molecule has 0 N–H and O–H groups in total. The van der Waals surface area contributed by atoms with Crippen molar-refractivity contribution in [3.8, 4) is 11.3 Å². The van der Waals surface area contributed by atoms with Crippen molar-refractivity contribution in [3.63, 3.8) is 0 Å². The minimum atomic E-state index is -3.52. The Labute approximate surface area is 168 Å². The van der Waals surface area contributed by atoms with E-state index in [1.54, 1.807) is 36.4 Å². The predicted octanol–water partition coefficient (Wildman–Crippen LogP) is 1.14. The van der Waals surface area contributed by atoms with Gasteiger partial charge in [-0.2, -0.15) is 9.40 Å². The third-order valence-electron chi connectivity index (χ3n) is 5.18. The molecular formula is C19H22N6O3S. The Morgan fingerprint density at radius 1 is 1.21 bits per heavy atom. The van der Waals surface area contributed by atoms with Crippen molar-refractivity contribution >= 4 is 10.0 Å². The molecule has 0 bridgehead atoms. The fourth-order valence-electron chi connectivity index (χ4n) is 3.53. The molecule has 0 amide bonds. The second kappa shape index (κ2) is 7.88. The number of aromatic nitrogens is 5. The lowest BCUT2D eigenvalue weighted by Crippen LogP contribution is -2.39. The molecular weight excluding hydrogens is 392 g/mol. The van der Waals surface area contributed by atoms with Gasteiger partial charge in [-0.05, 0) is 30.9 Å². The first-order valence-corrected chi connectivity index (χ1v) is 10.8. The molecule has 0 unspecified atom stereocenters. The van der Waals surface area contributed by atoms with Gasteiger partial charge in [0.2, 0.25) is 10.0 Å². The summed E-state index contributed by atoms with van der Waals surface area (Å²) in [5, 5.41) is 3.95. The standard InChI is InChI=1S/C19H22N6O3S/c1-23-13-17(11-22-23)29(27,28)25-7-4-15(5-8-25)12-24-14-21-18(9-19(24)26)16-3-2-6-20-10-16/h2-3,6,9-11,13-15H,4-5,7-8,12H2,1H3. The summed E-state index contributed by atoms with van der Waals surface area (Å²) in [4.78, 5) is 21.1. The zero-order valence-electron chi connectivity index (χ0n) is 16.0. The summed E-state index contributed by atoms with van der Waals surface area (Å²) in [5.74, 6) is 0.221. The number of pyridine rings is 1. The lowest BCUT2D eigenvalue weighted by atomic mass is 9.98. The van der Waals surface area contributed by atoms with Crippen LogP contribution in [0.15, 0.2) is 59.0 Å². The average Bonchev–Trinajstić information content (AvgIpc) is 3.18. The Kier molecular flexibility index (Phi) is 5.29. The minimum Gasteiger partial charge on any atom is -0.299 e. The van der Waals surface area contributed by atoms with Crippen molar-refractivity contribution < 1.29 is 8.42 Å². The van der Waals surface area contributed by atoms with Crippen molar-refractivity contribution in [3.05, 3.63) is 59.7 Å². The van der Waals surface area contributed by atoms with Crippen LogP contribution in [0.25, 0.3) is 11.3 Å². The fourth-order valence-corrected chi connectivity index (χ4v) is 4.98. The molecule has 29 heavy (non-hydrogen) atoms. The number of piperidine rings is 1. The average molecular weight is 414 g/mol. The molecule has 1 aliphatic heterocycles. The van der Waals surface area contributed by atoms with E-state index in [0.29, 0.717) is 38.2 Å². The Bertz CT molecular complexity index is 1150. The summed E-state index contributed by atoms with van der Waals surface area (Å²) in [6.45, 7) is 1.38. The Balaban J connectivity index is 1.40. The maximum Gasteiger partial charge on any atom is 0.253 e. The Morgan fingerprint density at radius 3 is 2.62 bits per heavy atom. The maximum atomic E-state index is 12.7. The van der Waals surface area contributed by atoms with E-state index in [-0.39, 0.29) is 16.4 Å². The number of aryl methyl sites for hydroxylation is 1. The Morgan fingerprint density at radius 2 is 2.00 bits per heavy atom. The van der Waals surface area contributed by atoms with Crippen molar-refractivity contribution in [2.75, 3.05) is 13.1 Å². The molecule has 1 aliphatic rings. The first-order chi connectivity index (χ1) is 13.9. The number of hydrogen-bond donors (Lipinski definition) is 0. The van der Waals surface area contributed by atoms with Crippen LogP contribution in [-0.4, -0.2) is 50.1 Å². The zero-order chi connectivity index (χ0) is 20.4. The van der Waals surface area contributed by atoms with Crippen LogP contribution in [-0.2, 0) is 23.6 Å². The summed E-state index contributed by atoms with van der Waals surface area (Å²) in [5.41, 5.74) is 1.27. The van der Waals surface area contributed by atoms with Crippen LogP contribution in [0.3, 0.4) is 0 Å².